The topological polar surface area (TPSA) is 247 Å². The highest BCUT2D eigenvalue weighted by Crippen LogP contribution is 2.13. The zero-order valence-electron chi connectivity index (χ0n) is 39.3. The van der Waals surface area contributed by atoms with Gasteiger partial charge in [-0.25, -0.2) is 9.59 Å². The van der Waals surface area contributed by atoms with Gasteiger partial charge in [-0.1, -0.05) is 43.7 Å². The van der Waals surface area contributed by atoms with Crippen LogP contribution in [-0.4, -0.2) is 131 Å². The van der Waals surface area contributed by atoms with Crippen LogP contribution in [-0.2, 0) is 59.0 Å². The SMILES string of the molecule is CCCCNC(=O)CCOCC(COCCC(=O)NCCCNC(=O)OC(C)(C)C)(COCCC(=O)NCCCNC(=O)OC(C)(C)C)NC(=O)CCCC(=O)OCc1ccccc1. The third-order valence-corrected chi connectivity index (χ3v) is 8.53. The lowest BCUT2D eigenvalue weighted by atomic mass is 10.0. The van der Waals surface area contributed by atoms with Gasteiger partial charge in [0.25, 0.3) is 0 Å². The minimum absolute atomic E-state index is 0.00223. The summed E-state index contributed by atoms with van der Waals surface area (Å²) in [4.78, 5) is 87.2. The summed E-state index contributed by atoms with van der Waals surface area (Å²) in [5.74, 6) is -1.66. The molecule has 0 aliphatic rings. The van der Waals surface area contributed by atoms with E-state index < -0.39 is 40.8 Å². The Bertz CT molecular complexity index is 1470. The average molecular weight is 909 g/mol. The molecule has 1 aromatic rings. The summed E-state index contributed by atoms with van der Waals surface area (Å²) in [6.45, 7) is 14.0. The molecule has 0 atom stereocenters. The van der Waals surface area contributed by atoms with Crippen molar-refractivity contribution in [3.8, 4) is 0 Å². The summed E-state index contributed by atoms with van der Waals surface area (Å²) in [6, 6.07) is 9.23. The van der Waals surface area contributed by atoms with Gasteiger partial charge in [-0.3, -0.25) is 24.0 Å². The van der Waals surface area contributed by atoms with Crippen LogP contribution in [0.5, 0.6) is 0 Å². The van der Waals surface area contributed by atoms with Gasteiger partial charge in [0.05, 0.1) is 39.6 Å². The summed E-state index contributed by atoms with van der Waals surface area (Å²) >= 11 is 0. The van der Waals surface area contributed by atoms with Gasteiger partial charge in [-0.15, -0.1) is 0 Å². The first-order valence-electron chi connectivity index (χ1n) is 22.3. The maximum Gasteiger partial charge on any atom is 0.407 e. The van der Waals surface area contributed by atoms with Crippen molar-refractivity contribution in [1.82, 2.24) is 31.9 Å². The zero-order valence-corrected chi connectivity index (χ0v) is 39.3. The molecule has 364 valence electrons. The van der Waals surface area contributed by atoms with Crippen LogP contribution in [0.25, 0.3) is 0 Å². The molecule has 19 heteroatoms. The number of esters is 1. The molecule has 0 saturated heterocycles. The van der Waals surface area contributed by atoms with Crippen molar-refractivity contribution < 1.29 is 62.0 Å². The highest BCUT2D eigenvalue weighted by Gasteiger charge is 2.34. The smallest absolute Gasteiger partial charge is 0.407 e. The number of carbonyl (C=O) groups is 7. The minimum Gasteiger partial charge on any atom is -0.461 e. The number of rotatable bonds is 33. The van der Waals surface area contributed by atoms with Crippen LogP contribution in [0.3, 0.4) is 0 Å². The quantitative estimate of drug-likeness (QED) is 0.0333. The molecule has 1 aromatic carbocycles. The Morgan fingerprint density at radius 3 is 1.34 bits per heavy atom. The first-order valence-corrected chi connectivity index (χ1v) is 22.3. The van der Waals surface area contributed by atoms with Crippen molar-refractivity contribution in [3.05, 3.63) is 35.9 Å². The largest absolute Gasteiger partial charge is 0.461 e. The highest BCUT2D eigenvalue weighted by molar-refractivity contribution is 5.78. The van der Waals surface area contributed by atoms with Crippen molar-refractivity contribution in [2.45, 2.75) is 136 Å². The number of alkyl carbamates (subject to hydrolysis) is 2. The monoisotopic (exact) mass is 909 g/mol. The number of nitrogens with one attached hydrogen (secondary N) is 6. The second kappa shape index (κ2) is 32.6. The van der Waals surface area contributed by atoms with E-state index in [2.05, 4.69) is 31.9 Å². The molecule has 19 nitrogen and oxygen atoms in total. The number of benzene rings is 1. The van der Waals surface area contributed by atoms with Crippen LogP contribution in [0.15, 0.2) is 30.3 Å². The van der Waals surface area contributed by atoms with Gasteiger partial charge in [-0.2, -0.15) is 0 Å². The van der Waals surface area contributed by atoms with Gasteiger partial charge in [-0.05, 0) is 72.8 Å². The fourth-order valence-corrected chi connectivity index (χ4v) is 5.40. The van der Waals surface area contributed by atoms with Gasteiger partial charge in [0.2, 0.25) is 23.6 Å². The molecule has 6 N–H and O–H groups in total. The summed E-state index contributed by atoms with van der Waals surface area (Å²) in [7, 11) is 0. The minimum atomic E-state index is -1.32. The van der Waals surface area contributed by atoms with Gasteiger partial charge in [0.1, 0.15) is 23.3 Å². The number of hydrogen-bond donors (Lipinski definition) is 6. The van der Waals surface area contributed by atoms with Gasteiger partial charge < -0.3 is 60.3 Å². The summed E-state index contributed by atoms with van der Waals surface area (Å²) in [6.07, 6.45) is 1.82. The van der Waals surface area contributed by atoms with Crippen molar-refractivity contribution in [3.63, 3.8) is 0 Å². The Kier molecular flexibility index (Phi) is 29.1. The molecule has 0 heterocycles. The Morgan fingerprint density at radius 2 is 0.922 bits per heavy atom. The van der Waals surface area contributed by atoms with Crippen molar-refractivity contribution >= 4 is 41.8 Å². The van der Waals surface area contributed by atoms with E-state index in [1.165, 1.54) is 0 Å². The third-order valence-electron chi connectivity index (χ3n) is 8.53. The lowest BCUT2D eigenvalue weighted by Gasteiger charge is -2.34. The Labute approximate surface area is 379 Å². The van der Waals surface area contributed by atoms with Gasteiger partial charge in [0, 0.05) is 64.8 Å². The molecule has 0 aromatic heterocycles. The predicted octanol–water partition coefficient (Wildman–Crippen LogP) is 3.95. The maximum absolute atomic E-state index is 13.5. The van der Waals surface area contributed by atoms with Crippen LogP contribution in [0.2, 0.25) is 0 Å². The highest BCUT2D eigenvalue weighted by atomic mass is 16.6. The van der Waals surface area contributed by atoms with E-state index in [0.29, 0.717) is 45.6 Å². The summed E-state index contributed by atoms with van der Waals surface area (Å²) in [5, 5.41) is 16.6. The molecule has 1 rings (SSSR count). The van der Waals surface area contributed by atoms with Crippen LogP contribution in [0, 0.1) is 0 Å². The molecule has 0 radical (unpaired) electrons. The van der Waals surface area contributed by atoms with E-state index in [9.17, 15) is 33.6 Å². The Morgan fingerprint density at radius 1 is 0.500 bits per heavy atom. The predicted molar refractivity (Wildman–Crippen MR) is 239 cm³/mol. The number of carbonyl (C=O) groups excluding carboxylic acids is 7. The summed E-state index contributed by atoms with van der Waals surface area (Å²) in [5.41, 5.74) is -1.73. The number of ether oxygens (including phenoxy) is 6. The Balaban J connectivity index is 2.90. The van der Waals surface area contributed by atoms with Crippen molar-refractivity contribution in [2.24, 2.45) is 0 Å². The Hall–Kier alpha value is -5.01. The first-order chi connectivity index (χ1) is 30.3. The molecule has 0 fully saturated rings. The van der Waals surface area contributed by atoms with E-state index in [0.717, 1.165) is 18.4 Å². The fourth-order valence-electron chi connectivity index (χ4n) is 5.40. The molecule has 0 aliphatic heterocycles. The molecule has 64 heavy (non-hydrogen) atoms. The van der Waals surface area contributed by atoms with E-state index in [1.54, 1.807) is 41.5 Å². The normalized spacial score (nSPS) is 11.5. The summed E-state index contributed by atoms with van der Waals surface area (Å²) < 4.78 is 33.6. The third kappa shape index (κ3) is 32.6. The standard InChI is InChI=1S/C45H76N6O13/c1-8-9-23-46-36(52)20-28-59-32-45(51-39(55)18-13-19-40(56)62-31-35-16-11-10-12-17-35,33-60-29-21-37(53)47-24-14-26-49-41(57)63-43(2,3)4)34-61-30-22-38(54)48-25-15-27-50-42(58)64-44(5,6)7/h10-12,16-17H,8-9,13-15,18-34H2,1-7H3,(H,46,52)(H,47,53)(H,48,54)(H,49,57)(H,50,58)(H,51,55). The lowest BCUT2D eigenvalue weighted by Crippen LogP contribution is -2.58. The van der Waals surface area contributed by atoms with E-state index in [-0.39, 0.29) is 102 Å². The number of hydrogen-bond acceptors (Lipinski definition) is 13. The van der Waals surface area contributed by atoms with Gasteiger partial charge in [0.15, 0.2) is 0 Å². The molecule has 0 unspecified atom stereocenters. The number of unbranched alkanes of at least 4 members (excludes halogenated alkanes) is 1. The molecule has 6 amide bonds. The molecule has 0 spiro atoms. The number of amides is 6. The van der Waals surface area contributed by atoms with E-state index >= 15 is 0 Å². The van der Waals surface area contributed by atoms with Crippen LogP contribution < -0.4 is 31.9 Å². The van der Waals surface area contributed by atoms with E-state index in [1.807, 2.05) is 37.3 Å². The fraction of sp³-hybridized carbons (Fsp3) is 0.711. The second-order valence-electron chi connectivity index (χ2n) is 17.2. The lowest BCUT2D eigenvalue weighted by molar-refractivity contribution is -0.145. The molecule has 0 aliphatic carbocycles. The zero-order chi connectivity index (χ0) is 47.7. The first kappa shape index (κ1) is 57.0. The van der Waals surface area contributed by atoms with Crippen LogP contribution >= 0.6 is 0 Å². The van der Waals surface area contributed by atoms with Crippen LogP contribution in [0.4, 0.5) is 9.59 Å². The second-order valence-corrected chi connectivity index (χ2v) is 17.2. The maximum atomic E-state index is 13.5. The molecular formula is C45H76N6O13. The van der Waals surface area contributed by atoms with Crippen molar-refractivity contribution in [1.29, 1.82) is 0 Å². The van der Waals surface area contributed by atoms with E-state index in [4.69, 9.17) is 28.4 Å². The molecule has 0 bridgehead atoms. The van der Waals surface area contributed by atoms with Crippen molar-refractivity contribution in [2.75, 3.05) is 72.4 Å². The average Bonchev–Trinajstić information content (AvgIpc) is 3.21. The van der Waals surface area contributed by atoms with Gasteiger partial charge >= 0.3 is 18.2 Å². The van der Waals surface area contributed by atoms with Crippen LogP contribution in [0.1, 0.15) is 118 Å². The molecule has 0 saturated carbocycles. The molecular weight excluding hydrogens is 833 g/mol.